The summed E-state index contributed by atoms with van der Waals surface area (Å²) in [5.41, 5.74) is 0.646. The number of carbonyl (C=O) groups excluding carboxylic acids is 5. The van der Waals surface area contributed by atoms with E-state index in [1.165, 1.54) is 42.3 Å². The number of amides is 6. The third-order valence-electron chi connectivity index (χ3n) is 5.98. The van der Waals surface area contributed by atoms with Crippen LogP contribution in [0.2, 0.25) is 0 Å². The van der Waals surface area contributed by atoms with Crippen molar-refractivity contribution in [3.05, 3.63) is 47.2 Å². The van der Waals surface area contributed by atoms with Crippen molar-refractivity contribution < 1.29 is 58.6 Å². The first-order valence-electron chi connectivity index (χ1n) is 11.5. The van der Waals surface area contributed by atoms with E-state index in [1.54, 1.807) is 37.4 Å². The van der Waals surface area contributed by atoms with E-state index in [0.717, 1.165) is 9.80 Å². The number of tetrazole rings is 1. The van der Waals surface area contributed by atoms with Crippen LogP contribution in [0.5, 0.6) is 0 Å². The second-order valence-electron chi connectivity index (χ2n) is 8.42. The van der Waals surface area contributed by atoms with E-state index < -0.39 is 47.3 Å². The van der Waals surface area contributed by atoms with Crippen LogP contribution in [0.1, 0.15) is 11.6 Å². The fraction of sp³-hybridized carbons (Fsp3) is 0.364. The van der Waals surface area contributed by atoms with E-state index in [-0.39, 0.29) is 46.8 Å². The smallest absolute Gasteiger partial charge is 0.543 e. The van der Waals surface area contributed by atoms with Gasteiger partial charge in [0.15, 0.2) is 0 Å². The number of aromatic nitrogens is 4. The fourth-order valence-electron chi connectivity index (χ4n) is 3.94. The maximum Gasteiger partial charge on any atom is 1.00 e. The number of aryl methyl sites for hydroxylation is 1. The molecule has 4 rings (SSSR count). The van der Waals surface area contributed by atoms with Crippen molar-refractivity contribution in [2.75, 3.05) is 25.6 Å². The van der Waals surface area contributed by atoms with Crippen molar-refractivity contribution in [3.63, 3.8) is 0 Å². The molecule has 0 saturated carbocycles. The summed E-state index contributed by atoms with van der Waals surface area (Å²) in [6, 6.07) is 4.51. The molecule has 1 saturated heterocycles. The maximum atomic E-state index is 13.3. The standard InChI is InChI=1S/C22H25N9O6S2.Na/c1-23-20(36)29(2)21(37)25-13(11-7-5-4-6-8-11)16(32)24-14-17(33)31-15(19(34)35)12(9-38-18(14)31)10-39-22-26-27-28-30(22)3;/h4-8,13-14,18H,9-10H2,1-3H3,(H,23,36)(H,24,32)(H,25,37)(H,34,35);/q;+1/p-1/t13?,14?,18-;/m0./s1. The molecule has 2 unspecified atom stereocenters. The fourth-order valence-corrected chi connectivity index (χ4v) is 6.28. The van der Waals surface area contributed by atoms with Gasteiger partial charge in [0.2, 0.25) is 11.1 Å². The van der Waals surface area contributed by atoms with Gasteiger partial charge in [0, 0.05) is 32.6 Å². The van der Waals surface area contributed by atoms with Crippen molar-refractivity contribution in [1.82, 2.24) is 46.0 Å². The Bertz CT molecular complexity index is 1340. The number of nitrogens with zero attached hydrogens (tertiary/aromatic N) is 6. The second kappa shape index (κ2) is 13.5. The van der Waals surface area contributed by atoms with Gasteiger partial charge in [0.1, 0.15) is 17.5 Å². The molecule has 0 bridgehead atoms. The van der Waals surface area contributed by atoms with Crippen molar-refractivity contribution >= 4 is 53.4 Å². The van der Waals surface area contributed by atoms with Crippen LogP contribution >= 0.6 is 23.5 Å². The molecule has 3 N–H and O–H groups in total. The van der Waals surface area contributed by atoms with Crippen LogP contribution in [0.15, 0.2) is 46.8 Å². The van der Waals surface area contributed by atoms with Gasteiger partial charge in [-0.1, -0.05) is 42.1 Å². The van der Waals surface area contributed by atoms with Gasteiger partial charge in [0.05, 0.1) is 11.7 Å². The molecule has 40 heavy (non-hydrogen) atoms. The number of nitrogens with one attached hydrogen (secondary N) is 3. The molecular weight excluding hydrogens is 573 g/mol. The molecule has 1 fully saturated rings. The summed E-state index contributed by atoms with van der Waals surface area (Å²) in [6.45, 7) is 0. The normalized spacial score (nSPS) is 18.5. The Morgan fingerprint density at radius 3 is 2.52 bits per heavy atom. The molecular formula is C22H24N9NaO6S2. The Morgan fingerprint density at radius 2 is 1.93 bits per heavy atom. The van der Waals surface area contributed by atoms with Crippen LogP contribution < -0.4 is 50.6 Å². The van der Waals surface area contributed by atoms with Crippen LogP contribution in [0.25, 0.3) is 0 Å². The maximum absolute atomic E-state index is 13.3. The van der Waals surface area contributed by atoms with Gasteiger partial charge in [-0.25, -0.2) is 19.2 Å². The van der Waals surface area contributed by atoms with Crippen LogP contribution in [0.3, 0.4) is 0 Å². The Morgan fingerprint density at radius 1 is 1.23 bits per heavy atom. The molecule has 206 valence electrons. The molecule has 0 spiro atoms. The van der Waals surface area contributed by atoms with Crippen molar-refractivity contribution in [3.8, 4) is 0 Å². The number of β-lactam (4-membered cyclic amide) rings is 1. The first kappa shape index (κ1) is 31.4. The number of rotatable bonds is 8. The number of carboxylic acids is 1. The van der Waals surface area contributed by atoms with Gasteiger partial charge in [-0.15, -0.1) is 16.9 Å². The minimum Gasteiger partial charge on any atom is -0.543 e. The summed E-state index contributed by atoms with van der Waals surface area (Å²) in [7, 11) is 4.25. The summed E-state index contributed by atoms with van der Waals surface area (Å²) in [5, 5.41) is 30.4. The zero-order chi connectivity index (χ0) is 28.3. The number of benzene rings is 1. The number of thioether (sulfide) groups is 2. The zero-order valence-electron chi connectivity index (χ0n) is 22.0. The van der Waals surface area contributed by atoms with Crippen LogP contribution in [0.4, 0.5) is 9.59 Å². The Kier molecular flexibility index (Phi) is 10.6. The topological polar surface area (TPSA) is 195 Å². The zero-order valence-corrected chi connectivity index (χ0v) is 25.6. The number of urea groups is 2. The van der Waals surface area contributed by atoms with Gasteiger partial charge < -0.3 is 25.9 Å². The summed E-state index contributed by atoms with van der Waals surface area (Å²) < 4.78 is 1.44. The van der Waals surface area contributed by atoms with E-state index in [0.29, 0.717) is 16.3 Å². The van der Waals surface area contributed by atoms with Gasteiger partial charge in [0.25, 0.3) is 5.91 Å². The number of carbonyl (C=O) groups is 5. The molecule has 2 aliphatic heterocycles. The molecule has 18 heteroatoms. The third kappa shape index (κ3) is 6.43. The summed E-state index contributed by atoms with van der Waals surface area (Å²) >= 11 is 2.51. The van der Waals surface area contributed by atoms with Gasteiger partial charge >= 0.3 is 41.6 Å². The Labute approximate surface area is 259 Å². The number of hydrogen-bond acceptors (Lipinski definition) is 11. The van der Waals surface area contributed by atoms with Crippen molar-refractivity contribution in [2.45, 2.75) is 22.6 Å². The SMILES string of the molecule is CNC(=O)N(C)C(=O)NC(C(=O)NC1C(=O)N2C(C(=O)[O-])=C(CSc3nnnn3C)CS[C@@H]12)c1ccccc1.[Na+]. The average molecular weight is 598 g/mol. The predicted octanol–water partition coefficient (Wildman–Crippen LogP) is -4.57. The van der Waals surface area contributed by atoms with Gasteiger partial charge in [-0.3, -0.25) is 14.5 Å². The average Bonchev–Trinajstić information content (AvgIpc) is 3.36. The second-order valence-corrected chi connectivity index (χ2v) is 10.5. The molecule has 0 radical (unpaired) electrons. The monoisotopic (exact) mass is 597 g/mol. The number of carboxylic acid groups (broad SMARTS) is 1. The minimum atomic E-state index is -1.50. The largest absolute Gasteiger partial charge is 1.00 e. The summed E-state index contributed by atoms with van der Waals surface area (Å²) in [6.07, 6.45) is 0. The molecule has 0 aliphatic carbocycles. The van der Waals surface area contributed by atoms with E-state index in [9.17, 15) is 29.1 Å². The van der Waals surface area contributed by atoms with E-state index >= 15 is 0 Å². The first-order chi connectivity index (χ1) is 18.6. The van der Waals surface area contributed by atoms with E-state index in [2.05, 4.69) is 31.5 Å². The number of imide groups is 1. The predicted molar refractivity (Wildman–Crippen MR) is 137 cm³/mol. The molecule has 6 amide bonds. The minimum absolute atomic E-state index is 0. The van der Waals surface area contributed by atoms with Gasteiger partial charge in [-0.05, 0) is 21.6 Å². The molecule has 2 aliphatic rings. The molecule has 1 aromatic heterocycles. The molecule has 1 aromatic carbocycles. The number of hydrogen-bond donors (Lipinski definition) is 3. The van der Waals surface area contributed by atoms with Crippen LogP contribution in [-0.4, -0.2) is 96.9 Å². The Balaban J connectivity index is 0.00000441. The van der Waals surface area contributed by atoms with E-state index in [1.807, 2.05) is 0 Å². The Hall–Kier alpha value is -3.12. The third-order valence-corrected chi connectivity index (χ3v) is 8.42. The van der Waals surface area contributed by atoms with Crippen molar-refractivity contribution in [1.29, 1.82) is 0 Å². The van der Waals surface area contributed by atoms with Crippen molar-refractivity contribution in [2.24, 2.45) is 7.05 Å². The molecule has 15 nitrogen and oxygen atoms in total. The van der Waals surface area contributed by atoms with E-state index in [4.69, 9.17) is 0 Å². The molecule has 2 aromatic rings. The first-order valence-corrected chi connectivity index (χ1v) is 13.5. The quantitative estimate of drug-likeness (QED) is 0.151. The number of fused-ring (bicyclic) bond motifs is 1. The molecule has 3 atom stereocenters. The summed E-state index contributed by atoms with van der Waals surface area (Å²) in [5.74, 6) is -2.33. The van der Waals surface area contributed by atoms with Crippen LogP contribution in [0, 0.1) is 0 Å². The summed E-state index contributed by atoms with van der Waals surface area (Å²) in [4.78, 5) is 64.8. The number of aliphatic carboxylic acids is 1. The van der Waals surface area contributed by atoms with Crippen LogP contribution in [-0.2, 0) is 21.4 Å². The molecule has 3 heterocycles. The van der Waals surface area contributed by atoms with Gasteiger partial charge in [-0.2, -0.15) is 0 Å².